The van der Waals surface area contributed by atoms with Crippen LogP contribution in [0.15, 0.2) is 4.99 Å². The van der Waals surface area contributed by atoms with Gasteiger partial charge in [0, 0.05) is 6.54 Å². The predicted octanol–water partition coefficient (Wildman–Crippen LogP) is 2.92. The average molecular weight is 325 g/mol. The first-order chi connectivity index (χ1) is 3.93. The second-order valence-electron chi connectivity index (χ2n) is 2.16. The monoisotopic (exact) mass is 325 g/mol. The van der Waals surface area contributed by atoms with Gasteiger partial charge in [-0.05, 0) is 25.0 Å². The van der Waals surface area contributed by atoms with E-state index in [2.05, 4.69) is 11.9 Å². The fourth-order valence-electron chi connectivity index (χ4n) is 0.961. The van der Waals surface area contributed by atoms with Crippen LogP contribution in [-0.4, -0.2) is 12.3 Å². The number of rotatable bonds is 1. The van der Waals surface area contributed by atoms with E-state index in [1.165, 1.54) is 25.0 Å². The molecule has 0 atom stereocenters. The molecule has 2 heteroatoms. The SMILES string of the molecule is C.[CH2-]CC1=NCCCC1.[CH3-].[W+2]. The summed E-state index contributed by atoms with van der Waals surface area (Å²) in [5, 5.41) is 0. The van der Waals surface area contributed by atoms with E-state index in [1.54, 1.807) is 0 Å². The third-order valence-corrected chi connectivity index (χ3v) is 1.50. The van der Waals surface area contributed by atoms with Crippen molar-refractivity contribution in [3.63, 3.8) is 0 Å². The minimum atomic E-state index is 0. The van der Waals surface area contributed by atoms with Crippen LogP contribution in [0.2, 0.25) is 0 Å². The summed E-state index contributed by atoms with van der Waals surface area (Å²) in [4.78, 5) is 4.30. The van der Waals surface area contributed by atoms with Crippen LogP contribution >= 0.6 is 0 Å². The summed E-state index contributed by atoms with van der Waals surface area (Å²) >= 11 is 0. The van der Waals surface area contributed by atoms with Crippen molar-refractivity contribution in [3.8, 4) is 0 Å². The molecule has 66 valence electrons. The van der Waals surface area contributed by atoms with Gasteiger partial charge in [0.2, 0.25) is 0 Å². The van der Waals surface area contributed by atoms with E-state index < -0.39 is 0 Å². The molecule has 1 aliphatic heterocycles. The van der Waals surface area contributed by atoms with Crippen molar-refractivity contribution in [3.05, 3.63) is 14.4 Å². The van der Waals surface area contributed by atoms with Crippen molar-refractivity contribution >= 4 is 5.71 Å². The van der Waals surface area contributed by atoms with E-state index >= 15 is 0 Å². The Hall–Kier alpha value is 0.358. The minimum Gasteiger partial charge on any atom is -0.358 e. The van der Waals surface area contributed by atoms with Crippen LogP contribution in [-0.2, 0) is 21.1 Å². The Labute approximate surface area is 85.9 Å². The molecule has 0 N–H and O–H groups in total. The summed E-state index contributed by atoms with van der Waals surface area (Å²) in [6.45, 7) is 4.83. The third kappa shape index (κ3) is 6.74. The maximum atomic E-state index is 4.30. The van der Waals surface area contributed by atoms with E-state index in [-0.39, 0.29) is 35.9 Å². The predicted molar refractivity (Wildman–Crippen MR) is 49.3 cm³/mol. The van der Waals surface area contributed by atoms with Crippen LogP contribution in [0.1, 0.15) is 33.1 Å². The van der Waals surface area contributed by atoms with Gasteiger partial charge in [0.25, 0.3) is 0 Å². The second-order valence-corrected chi connectivity index (χ2v) is 2.16. The fraction of sp³-hybridized carbons (Fsp3) is 0.667. The molecule has 0 radical (unpaired) electrons. The van der Waals surface area contributed by atoms with E-state index in [0.717, 1.165) is 13.0 Å². The van der Waals surface area contributed by atoms with Crippen molar-refractivity contribution in [1.29, 1.82) is 0 Å². The Morgan fingerprint density at radius 3 is 2.27 bits per heavy atom. The third-order valence-electron chi connectivity index (χ3n) is 1.50. The van der Waals surface area contributed by atoms with Gasteiger partial charge in [-0.3, -0.25) is 4.99 Å². The van der Waals surface area contributed by atoms with Crippen molar-refractivity contribution in [2.24, 2.45) is 4.99 Å². The molecule has 11 heavy (non-hydrogen) atoms. The van der Waals surface area contributed by atoms with Gasteiger partial charge in [-0.25, -0.2) is 0 Å². The molecule has 0 aromatic carbocycles. The Morgan fingerprint density at radius 1 is 1.36 bits per heavy atom. The molecule has 0 aromatic rings. The van der Waals surface area contributed by atoms with E-state index in [9.17, 15) is 0 Å². The maximum Gasteiger partial charge on any atom is 2.00 e. The molecule has 0 unspecified atom stereocenters. The first kappa shape index (κ1) is 17.4. The van der Waals surface area contributed by atoms with E-state index in [1.807, 2.05) is 0 Å². The fourth-order valence-corrected chi connectivity index (χ4v) is 0.961. The zero-order chi connectivity index (χ0) is 5.82. The summed E-state index contributed by atoms with van der Waals surface area (Å²) in [5.74, 6) is 0. The van der Waals surface area contributed by atoms with Crippen LogP contribution in [0.25, 0.3) is 0 Å². The molecule has 0 aliphatic carbocycles. The molecule has 0 saturated carbocycles. The molecule has 0 amide bonds. The Morgan fingerprint density at radius 2 is 2.00 bits per heavy atom. The zero-order valence-electron chi connectivity index (χ0n) is 6.60. The molecule has 1 heterocycles. The zero-order valence-corrected chi connectivity index (χ0v) is 9.53. The number of nitrogens with zero attached hydrogens (tertiary/aromatic N) is 1. The van der Waals surface area contributed by atoms with Gasteiger partial charge >= 0.3 is 21.1 Å². The smallest absolute Gasteiger partial charge is 0.358 e. The van der Waals surface area contributed by atoms with Crippen molar-refractivity contribution in [1.82, 2.24) is 0 Å². The summed E-state index contributed by atoms with van der Waals surface area (Å²) in [5.41, 5.74) is 1.32. The first-order valence-corrected chi connectivity index (χ1v) is 3.25. The van der Waals surface area contributed by atoms with Crippen LogP contribution in [0.4, 0.5) is 0 Å². The molecular weight excluding hydrogens is 306 g/mol. The van der Waals surface area contributed by atoms with Gasteiger partial charge in [0.15, 0.2) is 0 Å². The summed E-state index contributed by atoms with van der Waals surface area (Å²) in [6.07, 6.45) is 4.72. The Bertz CT molecular complexity index is 99.7. The van der Waals surface area contributed by atoms with E-state index in [4.69, 9.17) is 0 Å². The maximum absolute atomic E-state index is 4.30. The quantitative estimate of drug-likeness (QED) is 0.658. The number of aliphatic imine (C=N–C) groups is 1. The molecule has 0 aromatic heterocycles. The number of hydrogen-bond acceptors (Lipinski definition) is 1. The summed E-state index contributed by atoms with van der Waals surface area (Å²) in [6, 6.07) is 0. The molecule has 1 nitrogen and oxygen atoms in total. The largest absolute Gasteiger partial charge is 2.00 e. The second kappa shape index (κ2) is 10.4. The Balaban J connectivity index is -0.000000213. The molecule has 1 aliphatic rings. The van der Waals surface area contributed by atoms with Gasteiger partial charge in [-0.15, -0.1) is 6.42 Å². The minimum absolute atomic E-state index is 0. The standard InChI is InChI=1S/C7H12N.CH4.CH3.W/c1-2-7-5-3-4-6-8-7;;;/h1-6H2;1H4;1H3;/q-1;;-1;+2. The van der Waals surface area contributed by atoms with Crippen LogP contribution < -0.4 is 0 Å². The normalized spacial score (nSPS) is 14.8. The molecule has 0 fully saturated rings. The topological polar surface area (TPSA) is 12.4 Å². The summed E-state index contributed by atoms with van der Waals surface area (Å²) < 4.78 is 0. The van der Waals surface area contributed by atoms with Gasteiger partial charge in [-0.2, -0.15) is 0 Å². The van der Waals surface area contributed by atoms with Gasteiger partial charge < -0.3 is 14.4 Å². The van der Waals surface area contributed by atoms with Crippen LogP contribution in [0.3, 0.4) is 0 Å². The van der Waals surface area contributed by atoms with Gasteiger partial charge in [0.05, 0.1) is 0 Å². The van der Waals surface area contributed by atoms with Crippen molar-refractivity contribution in [2.75, 3.05) is 6.54 Å². The van der Waals surface area contributed by atoms with Crippen molar-refractivity contribution in [2.45, 2.75) is 33.1 Å². The van der Waals surface area contributed by atoms with Crippen LogP contribution in [0.5, 0.6) is 0 Å². The van der Waals surface area contributed by atoms with Crippen molar-refractivity contribution < 1.29 is 21.1 Å². The van der Waals surface area contributed by atoms with Gasteiger partial charge in [-0.1, -0.05) is 7.43 Å². The molecule has 0 saturated heterocycles. The van der Waals surface area contributed by atoms with Gasteiger partial charge in [0.1, 0.15) is 0 Å². The van der Waals surface area contributed by atoms with Crippen LogP contribution in [0, 0.1) is 14.4 Å². The molecular formula is C9H19NW. The average Bonchev–Trinajstić information content (AvgIpc) is 1.90. The molecule has 0 bridgehead atoms. The Kier molecular flexibility index (Phi) is 16.4. The van der Waals surface area contributed by atoms with E-state index in [0.29, 0.717) is 0 Å². The summed E-state index contributed by atoms with van der Waals surface area (Å²) in [7, 11) is 0. The number of hydrogen-bond donors (Lipinski definition) is 0. The molecule has 1 rings (SSSR count). The molecule has 0 spiro atoms. The first-order valence-electron chi connectivity index (χ1n) is 3.25.